The molecule has 5 heteroatoms. The molecule has 0 aliphatic heterocycles. The number of rotatable bonds is 5. The van der Waals surface area contributed by atoms with Gasteiger partial charge in [0.05, 0.1) is 5.69 Å². The van der Waals surface area contributed by atoms with Crippen molar-refractivity contribution in [1.82, 2.24) is 5.32 Å². The Kier molecular flexibility index (Phi) is 7.01. The average molecular weight is 411 g/mol. The fraction of sp³-hybridized carbons (Fsp3) is 0.417. The molecular weight excluding hydrogens is 380 g/mol. The molecular formula is C24H30N2O2S. The van der Waals surface area contributed by atoms with Crippen LogP contribution in [0, 0.1) is 18.8 Å². The van der Waals surface area contributed by atoms with Crippen LogP contribution in [0.2, 0.25) is 0 Å². The van der Waals surface area contributed by atoms with Crippen molar-refractivity contribution in [3.63, 3.8) is 0 Å². The van der Waals surface area contributed by atoms with Gasteiger partial charge in [-0.15, -0.1) is 0 Å². The van der Waals surface area contributed by atoms with E-state index in [1.807, 2.05) is 12.1 Å². The van der Waals surface area contributed by atoms with Crippen molar-refractivity contribution in [2.45, 2.75) is 62.8 Å². The summed E-state index contributed by atoms with van der Waals surface area (Å²) < 4.78 is 0. The molecule has 0 spiro atoms. The molecule has 1 saturated carbocycles. The van der Waals surface area contributed by atoms with Crippen LogP contribution in [-0.2, 0) is 4.79 Å². The standard InChI is InChI=1S/C24H30N2O2S/c1-15-8-11-20(12-9-15)29-23-13-10-19(14-22(23)25-18(4)27)24(28)26-21-7-5-6-16(2)17(21)3/h8-14,16-17,21H,5-7H2,1-4H3,(H,25,27)(H,26,28)/t16-,17-,21-/m1/s1. The van der Waals surface area contributed by atoms with E-state index >= 15 is 0 Å². The predicted molar refractivity (Wildman–Crippen MR) is 119 cm³/mol. The first kappa shape index (κ1) is 21.4. The summed E-state index contributed by atoms with van der Waals surface area (Å²) in [7, 11) is 0. The highest BCUT2D eigenvalue weighted by Crippen LogP contribution is 2.35. The zero-order chi connectivity index (χ0) is 21.0. The van der Waals surface area contributed by atoms with Crippen LogP contribution < -0.4 is 10.6 Å². The van der Waals surface area contributed by atoms with Gasteiger partial charge in [-0.2, -0.15) is 0 Å². The fourth-order valence-corrected chi connectivity index (χ4v) is 4.70. The van der Waals surface area contributed by atoms with E-state index in [0.717, 1.165) is 22.6 Å². The highest BCUT2D eigenvalue weighted by atomic mass is 32.2. The molecule has 1 aliphatic rings. The van der Waals surface area contributed by atoms with Gasteiger partial charge < -0.3 is 10.6 Å². The molecule has 2 N–H and O–H groups in total. The lowest BCUT2D eigenvalue weighted by molar-refractivity contribution is -0.114. The summed E-state index contributed by atoms with van der Waals surface area (Å²) in [5.41, 5.74) is 2.45. The number of aryl methyl sites for hydroxylation is 1. The number of anilines is 1. The normalized spacial score (nSPS) is 21.4. The van der Waals surface area contributed by atoms with Crippen molar-refractivity contribution in [2.24, 2.45) is 11.8 Å². The van der Waals surface area contributed by atoms with E-state index in [4.69, 9.17) is 0 Å². The van der Waals surface area contributed by atoms with Crippen molar-refractivity contribution in [3.8, 4) is 0 Å². The first-order valence-corrected chi connectivity index (χ1v) is 11.1. The van der Waals surface area contributed by atoms with E-state index < -0.39 is 0 Å². The number of hydrogen-bond acceptors (Lipinski definition) is 3. The Bertz CT molecular complexity index is 879. The van der Waals surface area contributed by atoms with Gasteiger partial charge in [0.2, 0.25) is 5.91 Å². The van der Waals surface area contributed by atoms with Crippen molar-refractivity contribution < 1.29 is 9.59 Å². The molecule has 1 fully saturated rings. The minimum Gasteiger partial charge on any atom is -0.349 e. The topological polar surface area (TPSA) is 58.2 Å². The van der Waals surface area contributed by atoms with Gasteiger partial charge in [0.1, 0.15) is 0 Å². The van der Waals surface area contributed by atoms with Gasteiger partial charge in [0.25, 0.3) is 5.91 Å². The third kappa shape index (κ3) is 5.63. The van der Waals surface area contributed by atoms with E-state index in [9.17, 15) is 9.59 Å². The summed E-state index contributed by atoms with van der Waals surface area (Å²) in [4.78, 5) is 26.6. The monoisotopic (exact) mass is 410 g/mol. The van der Waals surface area contributed by atoms with Crippen molar-refractivity contribution >= 4 is 29.3 Å². The Morgan fingerprint density at radius 2 is 1.76 bits per heavy atom. The van der Waals surface area contributed by atoms with Crippen LogP contribution in [0.3, 0.4) is 0 Å². The lowest BCUT2D eigenvalue weighted by atomic mass is 9.78. The summed E-state index contributed by atoms with van der Waals surface area (Å²) in [5.74, 6) is 0.869. The SMILES string of the molecule is CC(=O)Nc1cc(C(=O)N[C@@H]2CCC[C@@H](C)[C@H]2C)ccc1Sc1ccc(C)cc1. The third-order valence-electron chi connectivity index (χ3n) is 5.82. The smallest absolute Gasteiger partial charge is 0.251 e. The van der Waals surface area contributed by atoms with Crippen LogP contribution in [0.25, 0.3) is 0 Å². The number of carbonyl (C=O) groups excluding carboxylic acids is 2. The largest absolute Gasteiger partial charge is 0.349 e. The van der Waals surface area contributed by atoms with Crippen molar-refractivity contribution in [2.75, 3.05) is 5.32 Å². The minimum absolute atomic E-state index is 0.0746. The van der Waals surface area contributed by atoms with Gasteiger partial charge in [-0.05, 0) is 55.5 Å². The molecule has 2 aromatic rings. The number of benzene rings is 2. The lowest BCUT2D eigenvalue weighted by Gasteiger charge is -2.34. The van der Waals surface area contributed by atoms with Gasteiger partial charge in [0.15, 0.2) is 0 Å². The van der Waals surface area contributed by atoms with Crippen molar-refractivity contribution in [1.29, 1.82) is 0 Å². The van der Waals surface area contributed by atoms with E-state index in [0.29, 0.717) is 23.1 Å². The van der Waals surface area contributed by atoms with Crippen molar-refractivity contribution in [3.05, 3.63) is 53.6 Å². The van der Waals surface area contributed by atoms with Gasteiger partial charge in [-0.25, -0.2) is 0 Å². The summed E-state index contributed by atoms with van der Waals surface area (Å²) in [6.07, 6.45) is 3.40. The Morgan fingerprint density at radius 3 is 2.45 bits per heavy atom. The lowest BCUT2D eigenvalue weighted by Crippen LogP contribution is -2.43. The number of hydrogen-bond donors (Lipinski definition) is 2. The Hall–Kier alpha value is -2.27. The Labute approximate surface area is 177 Å². The van der Waals surface area contributed by atoms with Crippen LogP contribution in [0.4, 0.5) is 5.69 Å². The quantitative estimate of drug-likeness (QED) is 0.669. The maximum atomic E-state index is 12.9. The molecule has 4 nitrogen and oxygen atoms in total. The first-order valence-electron chi connectivity index (χ1n) is 10.3. The average Bonchev–Trinajstić information content (AvgIpc) is 2.68. The maximum Gasteiger partial charge on any atom is 0.251 e. The fourth-order valence-electron chi connectivity index (χ4n) is 3.82. The number of nitrogens with one attached hydrogen (secondary N) is 2. The molecule has 0 aromatic heterocycles. The Balaban J connectivity index is 1.79. The molecule has 0 bridgehead atoms. The summed E-state index contributed by atoms with van der Waals surface area (Å²) in [6, 6.07) is 14.0. The summed E-state index contributed by atoms with van der Waals surface area (Å²) in [6.45, 7) is 8.02. The van der Waals surface area contributed by atoms with Gasteiger partial charge in [-0.1, -0.05) is 56.1 Å². The molecule has 2 amide bonds. The number of amides is 2. The number of carbonyl (C=O) groups is 2. The predicted octanol–water partition coefficient (Wildman–Crippen LogP) is 5.66. The zero-order valence-corrected chi connectivity index (χ0v) is 18.4. The van der Waals surface area contributed by atoms with Crippen LogP contribution in [-0.4, -0.2) is 17.9 Å². The third-order valence-corrected chi connectivity index (χ3v) is 6.91. The molecule has 0 radical (unpaired) electrons. The maximum absolute atomic E-state index is 12.9. The van der Waals surface area contributed by atoms with Crippen LogP contribution in [0.5, 0.6) is 0 Å². The highest BCUT2D eigenvalue weighted by molar-refractivity contribution is 7.99. The Morgan fingerprint density at radius 1 is 1.03 bits per heavy atom. The van der Waals surface area contributed by atoms with Gasteiger partial charge in [-0.3, -0.25) is 9.59 Å². The second-order valence-corrected chi connectivity index (χ2v) is 9.27. The highest BCUT2D eigenvalue weighted by Gasteiger charge is 2.28. The van der Waals surface area contributed by atoms with E-state index in [1.54, 1.807) is 17.8 Å². The summed E-state index contributed by atoms with van der Waals surface area (Å²) >= 11 is 1.58. The molecule has 3 rings (SSSR count). The first-order chi connectivity index (χ1) is 13.8. The molecule has 29 heavy (non-hydrogen) atoms. The minimum atomic E-state index is -0.150. The molecule has 154 valence electrons. The second-order valence-electron chi connectivity index (χ2n) is 8.15. The molecule has 1 aliphatic carbocycles. The molecule has 0 heterocycles. The van der Waals surface area contributed by atoms with E-state index in [1.165, 1.54) is 18.9 Å². The van der Waals surface area contributed by atoms with Crippen LogP contribution >= 0.6 is 11.8 Å². The second kappa shape index (κ2) is 9.49. The molecule has 0 saturated heterocycles. The molecule has 3 atom stereocenters. The van der Waals surface area contributed by atoms with E-state index in [2.05, 4.69) is 55.7 Å². The molecule has 2 aromatic carbocycles. The van der Waals surface area contributed by atoms with Gasteiger partial charge in [0, 0.05) is 28.3 Å². The van der Waals surface area contributed by atoms with Crippen LogP contribution in [0.1, 0.15) is 56.0 Å². The zero-order valence-electron chi connectivity index (χ0n) is 17.6. The molecule has 0 unspecified atom stereocenters. The van der Waals surface area contributed by atoms with Gasteiger partial charge >= 0.3 is 0 Å². The summed E-state index contributed by atoms with van der Waals surface area (Å²) in [5, 5.41) is 6.09. The van der Waals surface area contributed by atoms with Crippen LogP contribution in [0.15, 0.2) is 52.3 Å². The van der Waals surface area contributed by atoms with E-state index in [-0.39, 0.29) is 17.9 Å².